The molecule has 0 aliphatic heterocycles. The zero-order valence-corrected chi connectivity index (χ0v) is 10.5. The van der Waals surface area contributed by atoms with Crippen molar-refractivity contribution >= 4 is 11.7 Å². The molecule has 1 atom stereocenters. The molecule has 0 fully saturated rings. The van der Waals surface area contributed by atoms with E-state index in [0.717, 1.165) is 0 Å². The van der Waals surface area contributed by atoms with Gasteiger partial charge >= 0.3 is 5.97 Å². The molecular weight excluding hydrogens is 232 g/mol. The highest BCUT2D eigenvalue weighted by Crippen LogP contribution is 2.26. The third-order valence-electron chi connectivity index (χ3n) is 2.67. The molecule has 1 N–H and O–H groups in total. The summed E-state index contributed by atoms with van der Waals surface area (Å²) < 4.78 is 4.87. The summed E-state index contributed by atoms with van der Waals surface area (Å²) in [5, 5.41) is 20.1. The van der Waals surface area contributed by atoms with Gasteiger partial charge in [0.15, 0.2) is 0 Å². The molecule has 0 unspecified atom stereocenters. The number of carbonyl (C=O) groups is 1. The molecule has 0 radical (unpaired) electrons. The Bertz CT molecular complexity index is 441. The zero-order chi connectivity index (χ0) is 13.6. The van der Waals surface area contributed by atoms with Crippen molar-refractivity contribution in [2.24, 2.45) is 0 Å². The predicted octanol–water partition coefficient (Wildman–Crippen LogP) is 2.12. The second kappa shape index (κ2) is 6.03. The minimum absolute atomic E-state index is 0.119. The number of para-hydroxylation sites is 1. The number of benzene rings is 1. The number of nitrogens with zero attached hydrogens (tertiary/aromatic N) is 2. The molecule has 0 amide bonds. The maximum absolute atomic E-state index is 11.9. The number of hydrogen-bond acceptors (Lipinski definition) is 5. The topological polar surface area (TPSA) is 73.6 Å². The lowest BCUT2D eigenvalue weighted by Gasteiger charge is -2.32. The molecule has 0 saturated heterocycles. The van der Waals surface area contributed by atoms with Crippen LogP contribution in [0.4, 0.5) is 5.69 Å². The van der Waals surface area contributed by atoms with Crippen LogP contribution in [-0.4, -0.2) is 23.3 Å². The number of hydroxylamine groups is 1. The van der Waals surface area contributed by atoms with Crippen molar-refractivity contribution < 1.29 is 14.7 Å². The zero-order valence-electron chi connectivity index (χ0n) is 10.5. The van der Waals surface area contributed by atoms with Crippen molar-refractivity contribution in [2.45, 2.75) is 25.8 Å². The molecule has 18 heavy (non-hydrogen) atoms. The number of rotatable bonds is 5. The third kappa shape index (κ3) is 2.44. The lowest BCUT2D eigenvalue weighted by Crippen LogP contribution is -2.53. The Morgan fingerprint density at radius 3 is 2.50 bits per heavy atom. The molecule has 0 bridgehead atoms. The van der Waals surface area contributed by atoms with Crippen LogP contribution in [0, 0.1) is 11.3 Å². The first-order chi connectivity index (χ1) is 8.62. The van der Waals surface area contributed by atoms with Crippen LogP contribution in [0.5, 0.6) is 0 Å². The van der Waals surface area contributed by atoms with Crippen LogP contribution in [0.15, 0.2) is 30.3 Å². The van der Waals surface area contributed by atoms with Crippen molar-refractivity contribution in [3.05, 3.63) is 30.3 Å². The highest BCUT2D eigenvalue weighted by Gasteiger charge is 2.45. The first-order valence-electron chi connectivity index (χ1n) is 5.75. The van der Waals surface area contributed by atoms with Crippen LogP contribution < -0.4 is 5.06 Å². The quantitative estimate of drug-likeness (QED) is 0.638. The van der Waals surface area contributed by atoms with Crippen molar-refractivity contribution in [3.63, 3.8) is 0 Å². The Morgan fingerprint density at radius 2 is 2.06 bits per heavy atom. The highest BCUT2D eigenvalue weighted by atomic mass is 16.6. The van der Waals surface area contributed by atoms with Crippen molar-refractivity contribution in [3.8, 4) is 6.07 Å². The molecule has 96 valence electrons. The Labute approximate surface area is 106 Å². The van der Waals surface area contributed by atoms with Crippen molar-refractivity contribution in [2.75, 3.05) is 11.7 Å². The Kier molecular flexibility index (Phi) is 4.69. The number of anilines is 1. The van der Waals surface area contributed by atoms with Crippen LogP contribution >= 0.6 is 0 Å². The molecule has 1 aromatic rings. The average Bonchev–Trinajstić information content (AvgIpc) is 2.42. The minimum atomic E-state index is -1.71. The van der Waals surface area contributed by atoms with E-state index in [2.05, 4.69) is 0 Å². The predicted molar refractivity (Wildman–Crippen MR) is 66.0 cm³/mol. The fourth-order valence-corrected chi connectivity index (χ4v) is 1.59. The summed E-state index contributed by atoms with van der Waals surface area (Å²) in [6.45, 7) is 3.46. The molecule has 1 aromatic carbocycles. The number of nitriles is 1. The van der Waals surface area contributed by atoms with E-state index < -0.39 is 11.5 Å². The van der Waals surface area contributed by atoms with Gasteiger partial charge in [-0.1, -0.05) is 25.1 Å². The summed E-state index contributed by atoms with van der Waals surface area (Å²) in [6.07, 6.45) is 0.119. The number of esters is 1. The van der Waals surface area contributed by atoms with Crippen LogP contribution in [0.3, 0.4) is 0 Å². The number of hydrogen-bond donors (Lipinski definition) is 1. The Morgan fingerprint density at radius 1 is 1.44 bits per heavy atom. The van der Waals surface area contributed by atoms with E-state index in [1.165, 1.54) is 0 Å². The standard InChI is InChI=1S/C13H16N2O3/c1-3-13(10-14,12(16)18-4-2)15(17)11-8-6-5-7-9-11/h5-9,17H,3-4H2,1-2H3/t13-/m0/s1. The molecule has 0 saturated carbocycles. The van der Waals surface area contributed by atoms with Gasteiger partial charge in [-0.05, 0) is 25.5 Å². The van der Waals surface area contributed by atoms with E-state index in [0.29, 0.717) is 10.8 Å². The van der Waals surface area contributed by atoms with Gasteiger partial charge in [-0.2, -0.15) is 5.26 Å². The average molecular weight is 248 g/mol. The van der Waals surface area contributed by atoms with Gasteiger partial charge in [-0.25, -0.2) is 9.86 Å². The highest BCUT2D eigenvalue weighted by molar-refractivity contribution is 5.88. The second-order valence-corrected chi connectivity index (χ2v) is 3.69. The van der Waals surface area contributed by atoms with Gasteiger partial charge in [-0.15, -0.1) is 0 Å². The Hall–Kier alpha value is -2.06. The van der Waals surface area contributed by atoms with Gasteiger partial charge in [0.1, 0.15) is 6.07 Å². The monoisotopic (exact) mass is 248 g/mol. The van der Waals surface area contributed by atoms with Gasteiger partial charge in [0.05, 0.1) is 12.3 Å². The van der Waals surface area contributed by atoms with E-state index in [-0.39, 0.29) is 13.0 Å². The van der Waals surface area contributed by atoms with E-state index in [9.17, 15) is 15.3 Å². The van der Waals surface area contributed by atoms with Crippen molar-refractivity contribution in [1.29, 1.82) is 5.26 Å². The fraction of sp³-hybridized carbons (Fsp3) is 0.385. The lowest BCUT2D eigenvalue weighted by atomic mass is 9.97. The van der Waals surface area contributed by atoms with Gasteiger partial charge in [-0.3, -0.25) is 5.21 Å². The van der Waals surface area contributed by atoms with E-state index in [4.69, 9.17) is 4.74 Å². The summed E-state index contributed by atoms with van der Waals surface area (Å²) in [7, 11) is 0. The van der Waals surface area contributed by atoms with Gasteiger partial charge in [0, 0.05) is 0 Å². The lowest BCUT2D eigenvalue weighted by molar-refractivity contribution is -0.149. The smallest absolute Gasteiger partial charge is 0.349 e. The number of ether oxygens (including phenoxy) is 1. The third-order valence-corrected chi connectivity index (χ3v) is 2.67. The summed E-state index contributed by atoms with van der Waals surface area (Å²) in [5.74, 6) is -0.749. The molecule has 0 heterocycles. The second-order valence-electron chi connectivity index (χ2n) is 3.69. The van der Waals surface area contributed by atoms with Crippen LogP contribution in [0.1, 0.15) is 20.3 Å². The maximum Gasteiger partial charge on any atom is 0.349 e. The molecule has 0 aliphatic rings. The van der Waals surface area contributed by atoms with E-state index in [1.807, 2.05) is 6.07 Å². The minimum Gasteiger partial charge on any atom is -0.463 e. The van der Waals surface area contributed by atoms with E-state index in [1.54, 1.807) is 44.2 Å². The maximum atomic E-state index is 11.9. The first-order valence-corrected chi connectivity index (χ1v) is 5.75. The molecular formula is C13H16N2O3. The molecule has 0 spiro atoms. The fourth-order valence-electron chi connectivity index (χ4n) is 1.59. The molecule has 5 heteroatoms. The molecule has 1 rings (SSSR count). The van der Waals surface area contributed by atoms with Crippen LogP contribution in [0.25, 0.3) is 0 Å². The Balaban J connectivity index is 3.13. The molecule has 0 aliphatic carbocycles. The summed E-state index contributed by atoms with van der Waals surface area (Å²) in [5.41, 5.74) is -1.34. The van der Waals surface area contributed by atoms with Crippen LogP contribution in [0.2, 0.25) is 0 Å². The van der Waals surface area contributed by atoms with E-state index >= 15 is 0 Å². The van der Waals surface area contributed by atoms with Gasteiger partial charge in [0.2, 0.25) is 5.54 Å². The largest absolute Gasteiger partial charge is 0.463 e. The molecule has 0 aromatic heterocycles. The number of carbonyl (C=O) groups excluding carboxylic acids is 1. The first kappa shape index (κ1) is 14.0. The normalized spacial score (nSPS) is 13.2. The summed E-state index contributed by atoms with van der Waals surface area (Å²) >= 11 is 0. The van der Waals surface area contributed by atoms with Crippen molar-refractivity contribution in [1.82, 2.24) is 0 Å². The van der Waals surface area contributed by atoms with Gasteiger partial charge < -0.3 is 4.74 Å². The van der Waals surface area contributed by atoms with Gasteiger partial charge in [0.25, 0.3) is 0 Å². The molecule has 5 nitrogen and oxygen atoms in total. The summed E-state index contributed by atoms with van der Waals surface area (Å²) in [6, 6.07) is 10.3. The summed E-state index contributed by atoms with van der Waals surface area (Å²) in [4.78, 5) is 11.9. The van der Waals surface area contributed by atoms with Crippen LogP contribution in [-0.2, 0) is 9.53 Å². The SMILES string of the molecule is CCOC(=O)[C@@](C#N)(CC)N(O)c1ccccc1.